The molecule has 8 heteroatoms. The van der Waals surface area contributed by atoms with E-state index in [9.17, 15) is 14.4 Å². The summed E-state index contributed by atoms with van der Waals surface area (Å²) in [6, 6.07) is 1.87. The van der Waals surface area contributed by atoms with Gasteiger partial charge in [-0.05, 0) is 59.2 Å². The summed E-state index contributed by atoms with van der Waals surface area (Å²) in [5.74, 6) is 0.809. The zero-order valence-electron chi connectivity index (χ0n) is 19.7. The molecule has 0 aromatic carbocycles. The van der Waals surface area contributed by atoms with Gasteiger partial charge in [0.25, 0.3) is 5.56 Å². The van der Waals surface area contributed by atoms with Crippen molar-refractivity contribution in [1.29, 1.82) is 0 Å². The summed E-state index contributed by atoms with van der Waals surface area (Å²) < 4.78 is 2.78. The van der Waals surface area contributed by atoms with Crippen molar-refractivity contribution in [2.75, 3.05) is 44.7 Å². The molecule has 1 atom stereocenters. The molecule has 2 saturated heterocycles. The van der Waals surface area contributed by atoms with Crippen LogP contribution in [0, 0.1) is 5.92 Å². The first-order valence-corrected chi connectivity index (χ1v) is 11.9. The summed E-state index contributed by atoms with van der Waals surface area (Å²) in [5.41, 5.74) is -0.594. The number of carbonyl (C=O) groups is 1. The van der Waals surface area contributed by atoms with Gasteiger partial charge in [0.05, 0.1) is 5.92 Å². The van der Waals surface area contributed by atoms with Crippen LogP contribution in [-0.2, 0) is 18.4 Å². The minimum atomic E-state index is -0.297. The van der Waals surface area contributed by atoms with Gasteiger partial charge in [0.1, 0.15) is 5.82 Å². The SMILES string of the molecule is CCCCN(C(=O)C1CCCN(c2cc(=O)n(C)c(=O)n2CC)C1)C1CCN(C)CC1. The molecule has 3 heterocycles. The molecule has 0 N–H and O–H groups in total. The molecule has 0 radical (unpaired) electrons. The monoisotopic (exact) mass is 433 g/mol. The van der Waals surface area contributed by atoms with Gasteiger partial charge in [-0.3, -0.25) is 18.7 Å². The second-order valence-corrected chi connectivity index (χ2v) is 9.13. The van der Waals surface area contributed by atoms with Gasteiger partial charge in [-0.25, -0.2) is 4.79 Å². The highest BCUT2D eigenvalue weighted by molar-refractivity contribution is 5.80. The Bertz CT molecular complexity index is 869. The van der Waals surface area contributed by atoms with Crippen molar-refractivity contribution < 1.29 is 4.79 Å². The maximum absolute atomic E-state index is 13.7. The van der Waals surface area contributed by atoms with Crippen LogP contribution in [0.4, 0.5) is 5.82 Å². The Morgan fingerprint density at radius 2 is 1.81 bits per heavy atom. The van der Waals surface area contributed by atoms with Crippen LogP contribution in [-0.4, -0.2) is 70.7 Å². The van der Waals surface area contributed by atoms with Crippen molar-refractivity contribution in [1.82, 2.24) is 18.9 Å². The second kappa shape index (κ2) is 10.5. The van der Waals surface area contributed by atoms with Gasteiger partial charge in [-0.2, -0.15) is 0 Å². The lowest BCUT2D eigenvalue weighted by atomic mass is 9.94. The Balaban J connectivity index is 1.80. The lowest BCUT2D eigenvalue weighted by molar-refractivity contribution is -0.139. The van der Waals surface area contributed by atoms with E-state index in [-0.39, 0.29) is 23.1 Å². The molecule has 1 unspecified atom stereocenters. The number of carbonyl (C=O) groups excluding carboxylic acids is 1. The van der Waals surface area contributed by atoms with Crippen molar-refractivity contribution in [3.63, 3.8) is 0 Å². The van der Waals surface area contributed by atoms with Crippen LogP contribution >= 0.6 is 0 Å². The molecular weight excluding hydrogens is 394 g/mol. The molecule has 1 aromatic heterocycles. The Morgan fingerprint density at radius 1 is 1.10 bits per heavy atom. The third-order valence-electron chi connectivity index (χ3n) is 6.95. The van der Waals surface area contributed by atoms with Crippen LogP contribution in [0.15, 0.2) is 15.7 Å². The molecule has 2 aliphatic heterocycles. The summed E-state index contributed by atoms with van der Waals surface area (Å²) in [7, 11) is 3.65. The van der Waals surface area contributed by atoms with Gasteiger partial charge in [0.2, 0.25) is 5.91 Å². The molecule has 8 nitrogen and oxygen atoms in total. The average molecular weight is 434 g/mol. The van der Waals surface area contributed by atoms with E-state index in [4.69, 9.17) is 0 Å². The maximum Gasteiger partial charge on any atom is 0.332 e. The van der Waals surface area contributed by atoms with Gasteiger partial charge in [-0.15, -0.1) is 0 Å². The van der Waals surface area contributed by atoms with Crippen LogP contribution in [0.2, 0.25) is 0 Å². The number of piperidine rings is 2. The number of unbranched alkanes of at least 4 members (excludes halogenated alkanes) is 1. The summed E-state index contributed by atoms with van der Waals surface area (Å²) in [4.78, 5) is 45.1. The minimum Gasteiger partial charge on any atom is -0.357 e. The van der Waals surface area contributed by atoms with E-state index in [0.29, 0.717) is 24.9 Å². The first-order chi connectivity index (χ1) is 14.9. The number of rotatable bonds is 7. The van der Waals surface area contributed by atoms with Crippen LogP contribution < -0.4 is 16.1 Å². The Kier molecular flexibility index (Phi) is 7.97. The highest BCUT2D eigenvalue weighted by atomic mass is 16.2. The minimum absolute atomic E-state index is 0.0882. The summed E-state index contributed by atoms with van der Waals surface area (Å²) in [6.07, 6.45) is 5.92. The van der Waals surface area contributed by atoms with Crippen LogP contribution in [0.5, 0.6) is 0 Å². The number of anilines is 1. The summed E-state index contributed by atoms with van der Waals surface area (Å²) >= 11 is 0. The van der Waals surface area contributed by atoms with Gasteiger partial charge < -0.3 is 14.7 Å². The third-order valence-corrected chi connectivity index (χ3v) is 6.95. The van der Waals surface area contributed by atoms with Gasteiger partial charge in [0, 0.05) is 45.3 Å². The predicted molar refractivity (Wildman–Crippen MR) is 124 cm³/mol. The molecule has 0 saturated carbocycles. The fourth-order valence-corrected chi connectivity index (χ4v) is 4.95. The third kappa shape index (κ3) is 5.22. The van der Waals surface area contributed by atoms with Crippen molar-refractivity contribution in [2.45, 2.75) is 65.0 Å². The second-order valence-electron chi connectivity index (χ2n) is 9.13. The Labute approximate surface area is 185 Å². The molecule has 0 aliphatic carbocycles. The van der Waals surface area contributed by atoms with Gasteiger partial charge in [-0.1, -0.05) is 13.3 Å². The van der Waals surface area contributed by atoms with Crippen LogP contribution in [0.1, 0.15) is 52.4 Å². The number of nitrogens with zero attached hydrogens (tertiary/aromatic N) is 5. The zero-order chi connectivity index (χ0) is 22.5. The number of hydrogen-bond donors (Lipinski definition) is 0. The van der Waals surface area contributed by atoms with Crippen LogP contribution in [0.25, 0.3) is 0 Å². The topological polar surface area (TPSA) is 70.8 Å². The average Bonchev–Trinajstić information content (AvgIpc) is 2.78. The Morgan fingerprint density at radius 3 is 2.45 bits per heavy atom. The fraction of sp³-hybridized carbons (Fsp3) is 0.783. The van der Waals surface area contributed by atoms with E-state index in [2.05, 4.69) is 28.7 Å². The molecule has 1 aromatic rings. The van der Waals surface area contributed by atoms with E-state index >= 15 is 0 Å². The van der Waals surface area contributed by atoms with Gasteiger partial charge >= 0.3 is 5.69 Å². The molecule has 2 aliphatic rings. The molecule has 0 spiro atoms. The molecule has 0 bridgehead atoms. The molecule has 2 fully saturated rings. The molecule has 174 valence electrons. The summed E-state index contributed by atoms with van der Waals surface area (Å²) in [5, 5.41) is 0. The lowest BCUT2D eigenvalue weighted by Gasteiger charge is -2.41. The number of aromatic nitrogens is 2. The number of likely N-dealkylation sites (tertiary alicyclic amines) is 1. The molecule has 3 rings (SSSR count). The first-order valence-electron chi connectivity index (χ1n) is 11.9. The largest absolute Gasteiger partial charge is 0.357 e. The summed E-state index contributed by atoms with van der Waals surface area (Å²) in [6.45, 7) is 8.80. The maximum atomic E-state index is 13.7. The Hall–Kier alpha value is -2.09. The number of hydrogen-bond acceptors (Lipinski definition) is 5. The smallest absolute Gasteiger partial charge is 0.332 e. The molecular formula is C23H39N5O3. The lowest BCUT2D eigenvalue weighted by Crippen LogP contribution is -2.52. The standard InChI is InChI=1S/C23H39N5O3/c1-5-7-13-28(19-10-14-24(3)15-11-19)22(30)18-9-8-12-26(17-18)20-16-21(29)25(4)23(31)27(20)6-2/h16,18-19H,5-15,17H2,1-4H3. The van der Waals surface area contributed by atoms with E-state index in [0.717, 1.165) is 69.3 Å². The molecule has 31 heavy (non-hydrogen) atoms. The number of amides is 1. The quantitative estimate of drug-likeness (QED) is 0.652. The predicted octanol–water partition coefficient (Wildman–Crippen LogP) is 1.51. The van der Waals surface area contributed by atoms with Crippen LogP contribution in [0.3, 0.4) is 0 Å². The highest BCUT2D eigenvalue weighted by Crippen LogP contribution is 2.26. The normalized spacial score (nSPS) is 20.8. The zero-order valence-corrected chi connectivity index (χ0v) is 19.7. The van der Waals surface area contributed by atoms with E-state index in [1.807, 2.05) is 6.92 Å². The van der Waals surface area contributed by atoms with Crippen molar-refractivity contribution in [3.8, 4) is 0 Å². The molecule has 1 amide bonds. The van der Waals surface area contributed by atoms with Crippen molar-refractivity contribution in [3.05, 3.63) is 26.9 Å². The van der Waals surface area contributed by atoms with E-state index in [1.54, 1.807) is 10.6 Å². The fourth-order valence-electron chi connectivity index (χ4n) is 4.95. The van der Waals surface area contributed by atoms with E-state index in [1.165, 1.54) is 7.05 Å². The van der Waals surface area contributed by atoms with E-state index < -0.39 is 0 Å². The van der Waals surface area contributed by atoms with Gasteiger partial charge in [0.15, 0.2) is 0 Å². The first kappa shape index (κ1) is 23.6. The van der Waals surface area contributed by atoms with Crippen molar-refractivity contribution in [2.24, 2.45) is 13.0 Å². The highest BCUT2D eigenvalue weighted by Gasteiger charge is 2.34. The van der Waals surface area contributed by atoms with Crippen molar-refractivity contribution >= 4 is 11.7 Å².